The Kier molecular flexibility index (Phi) is 5.28. The molecule has 0 amide bonds. The smallest absolute Gasteiger partial charge is 0.488 e. The van der Waals surface area contributed by atoms with Gasteiger partial charge in [0.05, 0.1) is 12.1 Å². The van der Waals surface area contributed by atoms with Gasteiger partial charge in [0.25, 0.3) is 0 Å². The number of aromatic nitrogens is 1. The summed E-state index contributed by atoms with van der Waals surface area (Å²) >= 11 is 1.56. The molecule has 4 nitrogen and oxygen atoms in total. The SMILES string of the molecule is COc1ccc(B(O)O)c(CSc2cc(C)cc(C)n2)c1. The molecule has 0 unspecified atom stereocenters. The van der Waals surface area contributed by atoms with Crippen molar-refractivity contribution in [2.45, 2.75) is 24.6 Å². The Balaban J connectivity index is 2.21. The molecule has 0 fully saturated rings. The van der Waals surface area contributed by atoms with Crippen LogP contribution in [0.2, 0.25) is 0 Å². The Morgan fingerprint density at radius 3 is 2.57 bits per heavy atom. The Hall–Kier alpha value is -1.50. The van der Waals surface area contributed by atoms with E-state index in [2.05, 4.69) is 4.98 Å². The van der Waals surface area contributed by atoms with Gasteiger partial charge >= 0.3 is 7.12 Å². The molecule has 0 aliphatic carbocycles. The first kappa shape index (κ1) is 15.9. The van der Waals surface area contributed by atoms with E-state index in [-0.39, 0.29) is 0 Å². The minimum atomic E-state index is -1.49. The Labute approximate surface area is 129 Å². The molecule has 0 saturated carbocycles. The maximum atomic E-state index is 9.44. The number of methoxy groups -OCH3 is 1. The monoisotopic (exact) mass is 303 g/mol. The van der Waals surface area contributed by atoms with Gasteiger partial charge in [0, 0.05) is 11.4 Å². The standard InChI is InChI=1S/C15H18BNO3S/c1-10-6-11(2)17-15(7-10)21-9-12-8-13(20-3)4-5-14(12)16(18)19/h4-8,18-19H,9H2,1-3H3. The van der Waals surface area contributed by atoms with E-state index in [4.69, 9.17) is 4.74 Å². The van der Waals surface area contributed by atoms with E-state index in [1.54, 1.807) is 31.0 Å². The molecule has 0 bridgehead atoms. The number of aryl methyl sites for hydroxylation is 2. The van der Waals surface area contributed by atoms with Crippen LogP contribution < -0.4 is 10.2 Å². The van der Waals surface area contributed by atoms with Crippen LogP contribution in [0.5, 0.6) is 5.75 Å². The number of hydrogen-bond donors (Lipinski definition) is 2. The van der Waals surface area contributed by atoms with E-state index < -0.39 is 7.12 Å². The molecular formula is C15H18BNO3S. The highest BCUT2D eigenvalue weighted by atomic mass is 32.2. The zero-order chi connectivity index (χ0) is 15.4. The topological polar surface area (TPSA) is 62.6 Å². The van der Waals surface area contributed by atoms with Gasteiger partial charge in [-0.3, -0.25) is 0 Å². The molecule has 1 heterocycles. The van der Waals surface area contributed by atoms with Crippen molar-refractivity contribution < 1.29 is 14.8 Å². The molecule has 110 valence electrons. The van der Waals surface area contributed by atoms with Crippen LogP contribution in [-0.4, -0.2) is 29.3 Å². The maximum absolute atomic E-state index is 9.44. The average molecular weight is 303 g/mol. The van der Waals surface area contributed by atoms with Crippen molar-refractivity contribution in [3.8, 4) is 5.75 Å². The second-order valence-corrected chi connectivity index (χ2v) is 5.85. The van der Waals surface area contributed by atoms with Crippen molar-refractivity contribution in [3.05, 3.63) is 47.2 Å². The van der Waals surface area contributed by atoms with Crippen LogP contribution >= 0.6 is 11.8 Å². The molecule has 0 aliphatic heterocycles. The average Bonchev–Trinajstić information content (AvgIpc) is 2.43. The number of pyridine rings is 1. The van der Waals surface area contributed by atoms with Crippen LogP contribution in [0.15, 0.2) is 35.4 Å². The van der Waals surface area contributed by atoms with Crippen molar-refractivity contribution >= 4 is 24.3 Å². The van der Waals surface area contributed by atoms with Gasteiger partial charge in [-0.05, 0) is 54.7 Å². The molecule has 0 radical (unpaired) electrons. The van der Waals surface area contributed by atoms with E-state index >= 15 is 0 Å². The maximum Gasteiger partial charge on any atom is 0.488 e. The Bertz CT molecular complexity index is 614. The second-order valence-electron chi connectivity index (χ2n) is 4.85. The molecule has 1 aromatic carbocycles. The predicted molar refractivity (Wildman–Crippen MR) is 86.1 cm³/mol. The van der Waals surface area contributed by atoms with Gasteiger partial charge in [-0.1, -0.05) is 6.07 Å². The molecular weight excluding hydrogens is 285 g/mol. The fraction of sp³-hybridized carbons (Fsp3) is 0.267. The summed E-state index contributed by atoms with van der Waals surface area (Å²) < 4.78 is 5.19. The lowest BCUT2D eigenvalue weighted by Crippen LogP contribution is -2.32. The zero-order valence-corrected chi connectivity index (χ0v) is 13.1. The van der Waals surface area contributed by atoms with E-state index in [1.807, 2.05) is 32.0 Å². The van der Waals surface area contributed by atoms with Gasteiger partial charge < -0.3 is 14.8 Å². The molecule has 1 aromatic heterocycles. The van der Waals surface area contributed by atoms with Gasteiger partial charge in [-0.25, -0.2) is 4.98 Å². The zero-order valence-electron chi connectivity index (χ0n) is 12.3. The van der Waals surface area contributed by atoms with Crippen molar-refractivity contribution in [1.29, 1.82) is 0 Å². The summed E-state index contributed by atoms with van der Waals surface area (Å²) in [5.41, 5.74) is 3.46. The highest BCUT2D eigenvalue weighted by Crippen LogP contribution is 2.23. The van der Waals surface area contributed by atoms with Crippen LogP contribution in [0.1, 0.15) is 16.8 Å². The van der Waals surface area contributed by atoms with Crippen LogP contribution in [-0.2, 0) is 5.75 Å². The van der Waals surface area contributed by atoms with Crippen molar-refractivity contribution in [2.24, 2.45) is 0 Å². The molecule has 0 saturated heterocycles. The van der Waals surface area contributed by atoms with Crippen LogP contribution in [0.4, 0.5) is 0 Å². The molecule has 2 rings (SSSR count). The van der Waals surface area contributed by atoms with Crippen molar-refractivity contribution in [1.82, 2.24) is 4.98 Å². The van der Waals surface area contributed by atoms with Gasteiger partial charge in [-0.15, -0.1) is 11.8 Å². The lowest BCUT2D eigenvalue weighted by atomic mass is 9.77. The quantitative estimate of drug-likeness (QED) is 0.650. The first-order valence-corrected chi connectivity index (χ1v) is 7.59. The number of rotatable bonds is 5. The highest BCUT2D eigenvalue weighted by Gasteiger charge is 2.17. The lowest BCUT2D eigenvalue weighted by molar-refractivity contribution is 0.413. The molecule has 0 atom stereocenters. The molecule has 2 aromatic rings. The summed E-state index contributed by atoms with van der Waals surface area (Å²) in [6.07, 6.45) is 0. The van der Waals surface area contributed by atoms with E-state index in [1.165, 1.54) is 0 Å². The predicted octanol–water partition coefficient (Wildman–Crippen LogP) is 1.68. The number of hydrogen-bond acceptors (Lipinski definition) is 5. The van der Waals surface area contributed by atoms with Crippen LogP contribution in [0, 0.1) is 13.8 Å². The van der Waals surface area contributed by atoms with Crippen LogP contribution in [0.25, 0.3) is 0 Å². The molecule has 0 aliphatic rings. The minimum absolute atomic E-state index is 0.493. The van der Waals surface area contributed by atoms with E-state index in [0.29, 0.717) is 17.0 Å². The molecule has 2 N–H and O–H groups in total. The number of benzene rings is 1. The Morgan fingerprint density at radius 2 is 1.95 bits per heavy atom. The van der Waals surface area contributed by atoms with Crippen molar-refractivity contribution in [3.63, 3.8) is 0 Å². The molecule has 6 heteroatoms. The summed E-state index contributed by atoms with van der Waals surface area (Å²) in [6.45, 7) is 4.00. The van der Waals surface area contributed by atoms with Gasteiger partial charge in [0.2, 0.25) is 0 Å². The third-order valence-electron chi connectivity index (χ3n) is 3.08. The highest BCUT2D eigenvalue weighted by molar-refractivity contribution is 7.98. The summed E-state index contributed by atoms with van der Waals surface area (Å²) in [7, 11) is 0.103. The number of nitrogens with zero attached hydrogens (tertiary/aromatic N) is 1. The fourth-order valence-corrected chi connectivity index (χ4v) is 3.15. The first-order valence-electron chi connectivity index (χ1n) is 6.60. The van der Waals surface area contributed by atoms with E-state index in [0.717, 1.165) is 21.8 Å². The number of thioether (sulfide) groups is 1. The number of ether oxygens (including phenoxy) is 1. The molecule has 21 heavy (non-hydrogen) atoms. The lowest BCUT2D eigenvalue weighted by Gasteiger charge is -2.11. The summed E-state index contributed by atoms with van der Waals surface area (Å²) in [4.78, 5) is 4.47. The minimum Gasteiger partial charge on any atom is -0.497 e. The fourth-order valence-electron chi connectivity index (χ4n) is 2.12. The van der Waals surface area contributed by atoms with E-state index in [9.17, 15) is 10.0 Å². The third-order valence-corrected chi connectivity index (χ3v) is 4.04. The second kappa shape index (κ2) is 6.98. The third kappa shape index (κ3) is 4.23. The normalized spacial score (nSPS) is 10.5. The van der Waals surface area contributed by atoms with Gasteiger partial charge in [-0.2, -0.15) is 0 Å². The Morgan fingerprint density at radius 1 is 1.19 bits per heavy atom. The summed E-state index contributed by atoms with van der Waals surface area (Å²) in [5, 5.41) is 19.8. The van der Waals surface area contributed by atoms with Crippen molar-refractivity contribution in [2.75, 3.05) is 7.11 Å². The summed E-state index contributed by atoms with van der Waals surface area (Å²) in [5.74, 6) is 1.29. The van der Waals surface area contributed by atoms with Gasteiger partial charge in [0.15, 0.2) is 0 Å². The molecule has 0 spiro atoms. The van der Waals surface area contributed by atoms with Crippen LogP contribution in [0.3, 0.4) is 0 Å². The van der Waals surface area contributed by atoms with Gasteiger partial charge in [0.1, 0.15) is 5.75 Å². The summed E-state index contributed by atoms with van der Waals surface area (Å²) in [6, 6.07) is 9.27. The largest absolute Gasteiger partial charge is 0.497 e. The first-order chi connectivity index (χ1) is 9.99.